The van der Waals surface area contributed by atoms with Crippen LogP contribution in [0.5, 0.6) is 0 Å². The van der Waals surface area contributed by atoms with Crippen LogP contribution < -0.4 is 10.6 Å². The number of rotatable bonds is 7. The maximum atomic E-state index is 12.7. The maximum absolute atomic E-state index is 12.7. The fourth-order valence-corrected chi connectivity index (χ4v) is 6.05. The largest absolute Gasteiger partial charge is 0.467 e. The highest BCUT2D eigenvalue weighted by Gasteiger charge is 2.60. The van der Waals surface area contributed by atoms with Crippen molar-refractivity contribution in [3.05, 3.63) is 24.2 Å². The second-order valence-corrected chi connectivity index (χ2v) is 10.3. The summed E-state index contributed by atoms with van der Waals surface area (Å²) in [5, 5.41) is 26.9. The molecule has 32 heavy (non-hydrogen) atoms. The van der Waals surface area contributed by atoms with Crippen LogP contribution in [0.15, 0.2) is 22.8 Å². The van der Waals surface area contributed by atoms with Gasteiger partial charge >= 0.3 is 6.09 Å². The topological polar surface area (TPSA) is 121 Å². The molecule has 3 rings (SSSR count). The minimum absolute atomic E-state index is 0.0110. The number of nitrogens with one attached hydrogen (secondary N) is 2. The number of ether oxygens (including phenoxy) is 1. The van der Waals surface area contributed by atoms with Gasteiger partial charge in [-0.2, -0.15) is 0 Å². The summed E-state index contributed by atoms with van der Waals surface area (Å²) in [5.41, 5.74) is -1.00. The molecule has 2 aliphatic rings. The summed E-state index contributed by atoms with van der Waals surface area (Å²) in [6.45, 7) is 8.00. The average molecular weight is 451 g/mol. The maximum Gasteiger partial charge on any atom is 0.407 e. The van der Waals surface area contributed by atoms with Crippen LogP contribution in [0.2, 0.25) is 0 Å². The number of aliphatic hydroxyl groups is 2. The molecule has 2 aliphatic carbocycles. The Morgan fingerprint density at radius 3 is 2.66 bits per heavy atom. The van der Waals surface area contributed by atoms with Gasteiger partial charge < -0.3 is 30.0 Å². The molecule has 2 amide bonds. The molecule has 8 nitrogen and oxygen atoms in total. The lowest BCUT2D eigenvalue weighted by molar-refractivity contribution is -0.186. The van der Waals surface area contributed by atoms with Crippen molar-refractivity contribution in [2.24, 2.45) is 22.7 Å². The van der Waals surface area contributed by atoms with E-state index in [2.05, 4.69) is 17.6 Å². The quantitative estimate of drug-likeness (QED) is 0.507. The summed E-state index contributed by atoms with van der Waals surface area (Å²) in [6, 6.07) is 3.54. The SMILES string of the molecule is CC(C)NC(=O)O[C@@H]1CC[C@]2(C)C(CC[C@@H](O)[C@H]2CC(=O)NCc2ccco2)[C@]1(C)CO. The fourth-order valence-electron chi connectivity index (χ4n) is 6.05. The van der Waals surface area contributed by atoms with Gasteiger partial charge in [-0.05, 0) is 68.9 Å². The molecule has 4 N–H and O–H groups in total. The highest BCUT2D eigenvalue weighted by Crippen LogP contribution is 2.61. The molecule has 1 aromatic heterocycles. The van der Waals surface area contributed by atoms with E-state index in [1.807, 2.05) is 20.8 Å². The Bertz CT molecular complexity index is 781. The Hall–Kier alpha value is -2.06. The van der Waals surface area contributed by atoms with Crippen LogP contribution in [-0.4, -0.2) is 47.1 Å². The van der Waals surface area contributed by atoms with Crippen LogP contribution in [0, 0.1) is 22.7 Å². The molecule has 0 bridgehead atoms. The molecule has 6 atom stereocenters. The molecule has 1 heterocycles. The summed E-state index contributed by atoms with van der Waals surface area (Å²) < 4.78 is 11.0. The van der Waals surface area contributed by atoms with Crippen molar-refractivity contribution >= 4 is 12.0 Å². The van der Waals surface area contributed by atoms with E-state index in [4.69, 9.17) is 9.15 Å². The van der Waals surface area contributed by atoms with E-state index in [1.165, 1.54) is 0 Å². The lowest BCUT2D eigenvalue weighted by Gasteiger charge is -2.60. The smallest absolute Gasteiger partial charge is 0.407 e. The fraction of sp³-hybridized carbons (Fsp3) is 0.750. The van der Waals surface area contributed by atoms with Crippen LogP contribution in [0.1, 0.15) is 65.6 Å². The minimum Gasteiger partial charge on any atom is -0.467 e. The molecule has 8 heteroatoms. The number of hydrogen-bond acceptors (Lipinski definition) is 6. The van der Waals surface area contributed by atoms with E-state index >= 15 is 0 Å². The van der Waals surface area contributed by atoms with Crippen molar-refractivity contribution in [1.29, 1.82) is 0 Å². The van der Waals surface area contributed by atoms with E-state index < -0.39 is 23.7 Å². The molecule has 1 aromatic rings. The summed E-state index contributed by atoms with van der Waals surface area (Å²) in [6.07, 6.45) is 2.83. The van der Waals surface area contributed by atoms with Gasteiger partial charge in [0.05, 0.1) is 25.5 Å². The first-order valence-corrected chi connectivity index (χ1v) is 11.6. The van der Waals surface area contributed by atoms with Gasteiger partial charge in [0, 0.05) is 17.9 Å². The van der Waals surface area contributed by atoms with E-state index in [-0.39, 0.29) is 42.2 Å². The van der Waals surface area contributed by atoms with Crippen LogP contribution >= 0.6 is 0 Å². The van der Waals surface area contributed by atoms with Gasteiger partial charge in [-0.3, -0.25) is 4.79 Å². The number of hydrogen-bond donors (Lipinski definition) is 4. The summed E-state index contributed by atoms with van der Waals surface area (Å²) in [7, 11) is 0. The van der Waals surface area contributed by atoms with Crippen molar-refractivity contribution in [2.45, 2.75) is 84.6 Å². The third-order valence-corrected chi connectivity index (χ3v) is 7.78. The van der Waals surface area contributed by atoms with E-state index in [0.29, 0.717) is 38.0 Å². The van der Waals surface area contributed by atoms with Crippen LogP contribution in [0.4, 0.5) is 4.79 Å². The number of aliphatic hydroxyl groups excluding tert-OH is 2. The van der Waals surface area contributed by atoms with E-state index in [9.17, 15) is 19.8 Å². The van der Waals surface area contributed by atoms with E-state index in [1.54, 1.807) is 18.4 Å². The molecule has 2 saturated carbocycles. The van der Waals surface area contributed by atoms with Crippen LogP contribution in [0.3, 0.4) is 0 Å². The number of carbonyl (C=O) groups excluding carboxylic acids is 2. The first-order chi connectivity index (χ1) is 15.1. The number of amides is 2. The van der Waals surface area contributed by atoms with Gasteiger partial charge in [0.15, 0.2) is 0 Å². The zero-order valence-corrected chi connectivity index (χ0v) is 19.6. The van der Waals surface area contributed by atoms with E-state index in [0.717, 1.165) is 0 Å². The molecular weight excluding hydrogens is 412 g/mol. The van der Waals surface area contributed by atoms with Crippen molar-refractivity contribution in [1.82, 2.24) is 10.6 Å². The molecular formula is C24H38N2O6. The Morgan fingerprint density at radius 2 is 2.03 bits per heavy atom. The zero-order valence-electron chi connectivity index (χ0n) is 19.6. The second kappa shape index (κ2) is 9.83. The average Bonchev–Trinajstić information content (AvgIpc) is 3.24. The van der Waals surface area contributed by atoms with Crippen molar-refractivity contribution < 1.29 is 29.0 Å². The van der Waals surface area contributed by atoms with Gasteiger partial charge in [0.1, 0.15) is 11.9 Å². The Kier molecular flexibility index (Phi) is 7.55. The van der Waals surface area contributed by atoms with Crippen LogP contribution in [-0.2, 0) is 16.1 Å². The molecule has 2 fully saturated rings. The first-order valence-electron chi connectivity index (χ1n) is 11.6. The number of furan rings is 1. The highest BCUT2D eigenvalue weighted by molar-refractivity contribution is 5.76. The number of alkyl carbamates (subject to hydrolysis) is 1. The van der Waals surface area contributed by atoms with Crippen molar-refractivity contribution in [3.63, 3.8) is 0 Å². The van der Waals surface area contributed by atoms with Gasteiger partial charge in [-0.15, -0.1) is 0 Å². The van der Waals surface area contributed by atoms with Gasteiger partial charge in [0.2, 0.25) is 5.91 Å². The van der Waals surface area contributed by atoms with Gasteiger partial charge in [-0.1, -0.05) is 13.8 Å². The lowest BCUT2D eigenvalue weighted by Crippen LogP contribution is -2.61. The third-order valence-electron chi connectivity index (χ3n) is 7.78. The van der Waals surface area contributed by atoms with Crippen molar-refractivity contribution in [3.8, 4) is 0 Å². The molecule has 0 aliphatic heterocycles. The number of fused-ring (bicyclic) bond motifs is 1. The monoisotopic (exact) mass is 450 g/mol. The summed E-state index contributed by atoms with van der Waals surface area (Å²) >= 11 is 0. The second-order valence-electron chi connectivity index (χ2n) is 10.3. The molecule has 1 unspecified atom stereocenters. The zero-order chi connectivity index (χ0) is 23.5. The van der Waals surface area contributed by atoms with Gasteiger partial charge in [0.25, 0.3) is 0 Å². The summed E-state index contributed by atoms with van der Waals surface area (Å²) in [4.78, 5) is 25.0. The standard InChI is InChI=1S/C24H38N2O6/c1-15(2)26-22(30)32-20-9-10-23(3)17(12-21(29)25-13-16-6-5-11-31-16)18(28)7-8-19(23)24(20,4)14-27/h5-6,11,15,17-20,27-28H,7-10,12-14H2,1-4H3,(H,25,29)(H,26,30)/t17-,18-,19?,20-,23+,24+/m1/s1. The predicted molar refractivity (Wildman–Crippen MR) is 118 cm³/mol. The molecule has 180 valence electrons. The molecule has 0 aromatic carbocycles. The predicted octanol–water partition coefficient (Wildman–Crippen LogP) is 2.97. The normalized spacial score (nSPS) is 34.6. The highest BCUT2D eigenvalue weighted by atomic mass is 16.6. The summed E-state index contributed by atoms with van der Waals surface area (Å²) in [5.74, 6) is 0.315. The molecule has 0 spiro atoms. The Labute approximate surface area is 190 Å². The first kappa shape index (κ1) is 24.6. The molecule has 0 radical (unpaired) electrons. The Balaban J connectivity index is 1.74. The number of carbonyl (C=O) groups is 2. The molecule has 0 saturated heterocycles. The van der Waals surface area contributed by atoms with Crippen molar-refractivity contribution in [2.75, 3.05) is 6.61 Å². The van der Waals surface area contributed by atoms with Gasteiger partial charge in [-0.25, -0.2) is 4.79 Å². The minimum atomic E-state index is -0.648. The lowest BCUT2D eigenvalue weighted by atomic mass is 9.46. The third kappa shape index (κ3) is 4.96. The van der Waals surface area contributed by atoms with Crippen LogP contribution in [0.25, 0.3) is 0 Å². The Morgan fingerprint density at radius 1 is 1.28 bits per heavy atom.